The number of carbonyl (C=O) groups is 1. The van der Waals surface area contributed by atoms with Gasteiger partial charge in [0, 0.05) is 33.5 Å². The summed E-state index contributed by atoms with van der Waals surface area (Å²) in [6.45, 7) is 4.00. The third-order valence-electron chi connectivity index (χ3n) is 3.48. The lowest BCUT2D eigenvalue weighted by atomic mass is 9.99. The van der Waals surface area contributed by atoms with E-state index >= 15 is 0 Å². The summed E-state index contributed by atoms with van der Waals surface area (Å²) in [7, 11) is 3.07. The number of hydrogen-bond acceptors (Lipinski definition) is 5. The maximum atomic E-state index is 12.2. The lowest BCUT2D eigenvalue weighted by Crippen LogP contribution is -2.39. The van der Waals surface area contributed by atoms with Crippen molar-refractivity contribution in [2.75, 3.05) is 33.9 Å². The molecule has 0 aromatic rings. The van der Waals surface area contributed by atoms with Crippen LogP contribution >= 0.6 is 0 Å². The number of amides is 1. The van der Waals surface area contributed by atoms with Gasteiger partial charge in [-0.3, -0.25) is 4.79 Å². The summed E-state index contributed by atoms with van der Waals surface area (Å²) in [5.74, 6) is 0.439. The Hall–Kier alpha value is -1.58. The average molecular weight is 281 g/mol. The van der Waals surface area contributed by atoms with Gasteiger partial charge in [0.2, 0.25) is 0 Å². The molecule has 0 atom stereocenters. The minimum atomic E-state index is -0.405. The lowest BCUT2D eigenvalue weighted by Gasteiger charge is -2.30. The molecule has 0 aromatic carbocycles. The molecule has 1 fully saturated rings. The smallest absolute Gasteiger partial charge is 0.265 e. The van der Waals surface area contributed by atoms with E-state index in [1.807, 2.05) is 6.07 Å². The fourth-order valence-corrected chi connectivity index (χ4v) is 2.04. The first-order valence-electron chi connectivity index (χ1n) is 6.80. The number of likely N-dealkylation sites (tertiary alicyclic amines) is 1. The van der Waals surface area contributed by atoms with Gasteiger partial charge >= 0.3 is 0 Å². The van der Waals surface area contributed by atoms with Gasteiger partial charge in [-0.15, -0.1) is 0 Å². The van der Waals surface area contributed by atoms with Crippen molar-refractivity contribution in [2.45, 2.75) is 26.1 Å². The molecule has 0 spiro atoms. The Morgan fingerprint density at radius 1 is 1.45 bits per heavy atom. The van der Waals surface area contributed by atoms with Crippen molar-refractivity contribution in [1.82, 2.24) is 10.2 Å². The first-order valence-corrected chi connectivity index (χ1v) is 6.80. The molecule has 0 unspecified atom stereocenters. The third-order valence-corrected chi connectivity index (χ3v) is 3.48. The second-order valence-corrected chi connectivity index (χ2v) is 4.95. The molecule has 1 amide bonds. The number of nitrogens with one attached hydrogen (secondary N) is 1. The van der Waals surface area contributed by atoms with Crippen molar-refractivity contribution in [3.63, 3.8) is 0 Å². The fourth-order valence-electron chi connectivity index (χ4n) is 2.04. The molecule has 0 aromatic heterocycles. The molecule has 112 valence electrons. The number of nitrogens with zero attached hydrogens (tertiary/aromatic N) is 2. The number of methoxy groups -OCH3 is 2. The molecular weight excluding hydrogens is 258 g/mol. The van der Waals surface area contributed by atoms with Gasteiger partial charge in [0.25, 0.3) is 5.91 Å². The third kappa shape index (κ3) is 4.83. The van der Waals surface area contributed by atoms with Crippen molar-refractivity contribution in [3.8, 4) is 6.07 Å². The quantitative estimate of drug-likeness (QED) is 0.444. The maximum absolute atomic E-state index is 12.2. The van der Waals surface area contributed by atoms with Crippen LogP contribution in [0.2, 0.25) is 0 Å². The van der Waals surface area contributed by atoms with E-state index < -0.39 is 6.29 Å². The molecule has 6 heteroatoms. The van der Waals surface area contributed by atoms with E-state index in [2.05, 4.69) is 12.2 Å². The topological polar surface area (TPSA) is 74.6 Å². The lowest BCUT2D eigenvalue weighted by molar-refractivity contribution is -0.128. The zero-order valence-electron chi connectivity index (χ0n) is 12.4. The zero-order chi connectivity index (χ0) is 15.0. The summed E-state index contributed by atoms with van der Waals surface area (Å²) in [5.41, 5.74) is 0.116. The number of carbonyl (C=O) groups excluding carboxylic acids is 1. The Kier molecular flexibility index (Phi) is 7.05. The molecule has 1 saturated heterocycles. The molecular formula is C14H23N3O3. The summed E-state index contributed by atoms with van der Waals surface area (Å²) in [6, 6.07) is 1.95. The highest BCUT2D eigenvalue weighted by Gasteiger charge is 2.22. The van der Waals surface area contributed by atoms with Crippen LogP contribution in [0.25, 0.3) is 0 Å². The summed E-state index contributed by atoms with van der Waals surface area (Å²) < 4.78 is 10.0. The minimum absolute atomic E-state index is 0.116. The van der Waals surface area contributed by atoms with Gasteiger partial charge in [0.1, 0.15) is 11.6 Å². The van der Waals surface area contributed by atoms with E-state index in [4.69, 9.17) is 14.7 Å². The Bertz CT molecular complexity index is 378. The van der Waals surface area contributed by atoms with E-state index in [0.29, 0.717) is 12.5 Å². The van der Waals surface area contributed by atoms with Crippen LogP contribution in [0.1, 0.15) is 19.8 Å². The van der Waals surface area contributed by atoms with Crippen molar-refractivity contribution in [2.24, 2.45) is 5.92 Å². The van der Waals surface area contributed by atoms with E-state index in [-0.39, 0.29) is 11.5 Å². The fraction of sp³-hybridized carbons (Fsp3) is 0.714. The van der Waals surface area contributed by atoms with Crippen LogP contribution in [0.5, 0.6) is 0 Å². The van der Waals surface area contributed by atoms with Gasteiger partial charge < -0.3 is 19.7 Å². The number of nitriles is 1. The summed E-state index contributed by atoms with van der Waals surface area (Å²) >= 11 is 0. The van der Waals surface area contributed by atoms with Crippen molar-refractivity contribution in [3.05, 3.63) is 11.8 Å². The molecule has 1 aliphatic heterocycles. The Morgan fingerprint density at radius 3 is 2.55 bits per heavy atom. The molecule has 0 saturated carbocycles. The molecule has 20 heavy (non-hydrogen) atoms. The van der Waals surface area contributed by atoms with Crippen molar-refractivity contribution < 1.29 is 14.3 Å². The Morgan fingerprint density at radius 2 is 2.05 bits per heavy atom. The minimum Gasteiger partial charge on any atom is -0.385 e. The standard InChI is InChI=1S/C14H23N3O3/c1-11-4-6-17(7-5-11)14(18)12(8-15)9-16-10-13(19-2)20-3/h9,11,13,16H,4-7,10H2,1-3H3/b12-9-. The van der Waals surface area contributed by atoms with Gasteiger partial charge in [0.05, 0.1) is 6.54 Å². The van der Waals surface area contributed by atoms with Gasteiger partial charge in [-0.05, 0) is 18.8 Å². The molecule has 0 aliphatic carbocycles. The summed E-state index contributed by atoms with van der Waals surface area (Å²) in [5, 5.41) is 12.0. The summed E-state index contributed by atoms with van der Waals surface area (Å²) in [6.07, 6.45) is 3.02. The van der Waals surface area contributed by atoms with E-state index in [1.54, 1.807) is 4.90 Å². The number of piperidine rings is 1. The predicted molar refractivity (Wildman–Crippen MR) is 74.5 cm³/mol. The Labute approximate surface area is 120 Å². The second kappa shape index (κ2) is 8.56. The molecule has 1 heterocycles. The molecule has 1 rings (SSSR count). The first kappa shape index (κ1) is 16.5. The van der Waals surface area contributed by atoms with Crippen LogP contribution < -0.4 is 5.32 Å². The van der Waals surface area contributed by atoms with E-state index in [1.165, 1.54) is 20.4 Å². The van der Waals surface area contributed by atoms with Crippen LogP contribution in [-0.4, -0.2) is 51.0 Å². The van der Waals surface area contributed by atoms with Crippen LogP contribution in [0.4, 0.5) is 0 Å². The highest BCUT2D eigenvalue weighted by Crippen LogP contribution is 2.17. The van der Waals surface area contributed by atoms with Crippen molar-refractivity contribution >= 4 is 5.91 Å². The molecule has 6 nitrogen and oxygen atoms in total. The SMILES string of the molecule is COC(CN/C=C(/C#N)C(=O)N1CCC(C)CC1)OC. The van der Waals surface area contributed by atoms with Gasteiger partial charge in [-0.1, -0.05) is 6.92 Å². The maximum Gasteiger partial charge on any atom is 0.265 e. The van der Waals surface area contributed by atoms with Crippen molar-refractivity contribution in [1.29, 1.82) is 5.26 Å². The number of rotatable bonds is 6. The summed E-state index contributed by atoms with van der Waals surface area (Å²) in [4.78, 5) is 13.9. The molecule has 0 bridgehead atoms. The van der Waals surface area contributed by atoms with Gasteiger partial charge in [-0.2, -0.15) is 5.26 Å². The average Bonchev–Trinajstić information content (AvgIpc) is 2.48. The zero-order valence-corrected chi connectivity index (χ0v) is 12.4. The number of hydrogen-bond donors (Lipinski definition) is 1. The monoisotopic (exact) mass is 281 g/mol. The van der Waals surface area contributed by atoms with E-state index in [0.717, 1.165) is 25.9 Å². The van der Waals surface area contributed by atoms with Crippen LogP contribution in [0.3, 0.4) is 0 Å². The normalized spacial score (nSPS) is 17.1. The molecule has 1 N–H and O–H groups in total. The largest absolute Gasteiger partial charge is 0.385 e. The number of ether oxygens (including phenoxy) is 2. The highest BCUT2D eigenvalue weighted by molar-refractivity contribution is 5.97. The predicted octanol–water partition coefficient (Wildman–Crippen LogP) is 0.861. The highest BCUT2D eigenvalue weighted by atomic mass is 16.7. The first-order chi connectivity index (χ1) is 9.62. The molecule has 1 aliphatic rings. The second-order valence-electron chi connectivity index (χ2n) is 4.95. The van der Waals surface area contributed by atoms with Crippen LogP contribution in [0, 0.1) is 17.2 Å². The van der Waals surface area contributed by atoms with Gasteiger partial charge in [0.15, 0.2) is 6.29 Å². The molecule has 0 radical (unpaired) electrons. The Balaban J connectivity index is 2.52. The van der Waals surface area contributed by atoms with E-state index in [9.17, 15) is 4.79 Å². The van der Waals surface area contributed by atoms with Crippen LogP contribution in [0.15, 0.2) is 11.8 Å². The van der Waals surface area contributed by atoms with Crippen LogP contribution in [-0.2, 0) is 14.3 Å². The van der Waals surface area contributed by atoms with Gasteiger partial charge in [-0.25, -0.2) is 0 Å².